The number of hydrogen-bond donors (Lipinski definition) is 1. The molecule has 0 amide bonds. The summed E-state index contributed by atoms with van der Waals surface area (Å²) in [4.78, 5) is 0. The molecule has 0 aliphatic rings. The van der Waals surface area contributed by atoms with Crippen molar-refractivity contribution in [2.75, 3.05) is 0 Å². The normalized spacial score (nSPS) is 12.4. The van der Waals surface area contributed by atoms with E-state index in [2.05, 4.69) is 37.3 Å². The molecule has 2 aromatic rings. The molecule has 0 aliphatic carbocycles. The molecule has 100 valence electrons. The first kappa shape index (κ1) is 14.1. The summed E-state index contributed by atoms with van der Waals surface area (Å²) in [5.41, 5.74) is 11.0. The molecule has 0 radical (unpaired) electrons. The van der Waals surface area contributed by atoms with Crippen LogP contribution in [-0.4, -0.2) is 0 Å². The van der Waals surface area contributed by atoms with Gasteiger partial charge in [0.25, 0.3) is 0 Å². The second-order valence-corrected chi connectivity index (χ2v) is 5.39. The zero-order valence-electron chi connectivity index (χ0n) is 11.5. The number of rotatable bonds is 4. The highest BCUT2D eigenvalue weighted by Crippen LogP contribution is 2.24. The topological polar surface area (TPSA) is 26.0 Å². The van der Waals surface area contributed by atoms with Gasteiger partial charge < -0.3 is 5.73 Å². The summed E-state index contributed by atoms with van der Waals surface area (Å²) in [6.45, 7) is 4.19. The molecule has 1 unspecified atom stereocenters. The lowest BCUT2D eigenvalue weighted by Crippen LogP contribution is -2.12. The molecule has 0 aliphatic heterocycles. The van der Waals surface area contributed by atoms with Gasteiger partial charge >= 0.3 is 0 Å². The van der Waals surface area contributed by atoms with Gasteiger partial charge in [0.2, 0.25) is 0 Å². The Bertz CT molecular complexity index is 546. The fourth-order valence-electron chi connectivity index (χ4n) is 2.23. The predicted octanol–water partition coefficient (Wildman–Crippen LogP) is 4.65. The minimum atomic E-state index is -0.0911. The van der Waals surface area contributed by atoms with Crippen molar-refractivity contribution < 1.29 is 0 Å². The second kappa shape index (κ2) is 6.23. The van der Waals surface area contributed by atoms with Gasteiger partial charge in [0.05, 0.1) is 6.04 Å². The lowest BCUT2D eigenvalue weighted by atomic mass is 9.97. The van der Waals surface area contributed by atoms with Crippen LogP contribution in [0.25, 0.3) is 0 Å². The number of nitrogens with two attached hydrogens (primary N) is 1. The maximum atomic E-state index is 6.32. The lowest BCUT2D eigenvalue weighted by molar-refractivity contribution is 0.864. The summed E-state index contributed by atoms with van der Waals surface area (Å²) in [5.74, 6) is 0. The number of hydrogen-bond acceptors (Lipinski definition) is 1. The third kappa shape index (κ3) is 3.37. The summed E-state index contributed by atoms with van der Waals surface area (Å²) in [6.07, 6.45) is 2.29. The van der Waals surface area contributed by atoms with Crippen LogP contribution in [0.2, 0.25) is 5.02 Å². The molecule has 0 saturated heterocycles. The molecule has 0 bridgehead atoms. The Labute approximate surface area is 120 Å². The van der Waals surface area contributed by atoms with Crippen molar-refractivity contribution in [2.45, 2.75) is 32.7 Å². The molecule has 2 N–H and O–H groups in total. The van der Waals surface area contributed by atoms with Crippen molar-refractivity contribution in [3.63, 3.8) is 0 Å². The Kier molecular flexibility index (Phi) is 4.62. The number of aryl methyl sites for hydroxylation is 2. The summed E-state index contributed by atoms with van der Waals surface area (Å²) >= 11 is 6.05. The van der Waals surface area contributed by atoms with E-state index in [-0.39, 0.29) is 6.04 Å². The van der Waals surface area contributed by atoms with Gasteiger partial charge in [0.15, 0.2) is 0 Å². The third-order valence-corrected chi connectivity index (χ3v) is 3.84. The molecule has 0 aromatic heterocycles. The van der Waals surface area contributed by atoms with Crippen molar-refractivity contribution in [1.82, 2.24) is 0 Å². The first-order valence-electron chi connectivity index (χ1n) is 6.72. The zero-order valence-corrected chi connectivity index (χ0v) is 12.2. The van der Waals surface area contributed by atoms with Crippen LogP contribution in [0.1, 0.15) is 41.6 Å². The molecular weight excluding hydrogens is 254 g/mol. The molecule has 2 heteroatoms. The summed E-state index contributed by atoms with van der Waals surface area (Å²) < 4.78 is 0. The Morgan fingerprint density at radius 3 is 2.26 bits per heavy atom. The highest BCUT2D eigenvalue weighted by Gasteiger charge is 2.09. The van der Waals surface area contributed by atoms with Crippen LogP contribution in [0.4, 0.5) is 0 Å². The van der Waals surface area contributed by atoms with E-state index in [4.69, 9.17) is 17.3 Å². The molecule has 1 nitrogen and oxygen atoms in total. The van der Waals surface area contributed by atoms with Gasteiger partial charge in [-0.3, -0.25) is 0 Å². The third-order valence-electron chi connectivity index (χ3n) is 3.42. The van der Waals surface area contributed by atoms with Gasteiger partial charge in [0, 0.05) is 5.02 Å². The van der Waals surface area contributed by atoms with Gasteiger partial charge in [0.1, 0.15) is 0 Å². The van der Waals surface area contributed by atoms with Crippen LogP contribution in [0.3, 0.4) is 0 Å². The van der Waals surface area contributed by atoms with E-state index in [1.807, 2.05) is 19.1 Å². The van der Waals surface area contributed by atoms with E-state index in [9.17, 15) is 0 Å². The van der Waals surface area contributed by atoms with Crippen molar-refractivity contribution in [1.29, 1.82) is 0 Å². The van der Waals surface area contributed by atoms with Gasteiger partial charge in [-0.15, -0.1) is 0 Å². The fourth-order valence-corrected chi connectivity index (χ4v) is 2.35. The van der Waals surface area contributed by atoms with Crippen LogP contribution in [0, 0.1) is 6.92 Å². The maximum absolute atomic E-state index is 6.32. The van der Waals surface area contributed by atoms with Crippen LogP contribution in [0.5, 0.6) is 0 Å². The first-order chi connectivity index (χ1) is 9.11. The molecule has 0 spiro atoms. The van der Waals surface area contributed by atoms with Crippen LogP contribution < -0.4 is 5.73 Å². The van der Waals surface area contributed by atoms with Gasteiger partial charge in [-0.05, 0) is 41.7 Å². The predicted molar refractivity (Wildman–Crippen MR) is 82.7 cm³/mol. The number of halogens is 1. The molecule has 0 saturated carbocycles. The van der Waals surface area contributed by atoms with Crippen molar-refractivity contribution in [2.24, 2.45) is 5.73 Å². The van der Waals surface area contributed by atoms with E-state index >= 15 is 0 Å². The highest BCUT2D eigenvalue weighted by atomic mass is 35.5. The minimum absolute atomic E-state index is 0.0911. The van der Waals surface area contributed by atoms with E-state index in [1.54, 1.807) is 0 Å². The lowest BCUT2D eigenvalue weighted by Gasteiger charge is -2.14. The zero-order chi connectivity index (χ0) is 13.8. The van der Waals surface area contributed by atoms with E-state index in [1.165, 1.54) is 12.0 Å². The molecule has 2 aromatic carbocycles. The van der Waals surface area contributed by atoms with Gasteiger partial charge in [-0.1, -0.05) is 61.3 Å². The number of benzene rings is 2. The Hall–Kier alpha value is -1.31. The Morgan fingerprint density at radius 2 is 1.68 bits per heavy atom. The summed E-state index contributed by atoms with van der Waals surface area (Å²) in [5, 5.41) is 0.786. The standard InChI is InChI=1S/C17H20ClN/c1-3-4-13-5-7-14(8-6-13)17(19)15-9-10-16(18)12(2)11-15/h5-11,17H,3-4,19H2,1-2H3. The van der Waals surface area contributed by atoms with Crippen molar-refractivity contribution >= 4 is 11.6 Å². The van der Waals surface area contributed by atoms with Crippen molar-refractivity contribution in [3.05, 3.63) is 69.7 Å². The average molecular weight is 274 g/mol. The van der Waals surface area contributed by atoms with Crippen LogP contribution in [0.15, 0.2) is 42.5 Å². The van der Waals surface area contributed by atoms with Crippen LogP contribution in [-0.2, 0) is 6.42 Å². The van der Waals surface area contributed by atoms with Gasteiger partial charge in [-0.25, -0.2) is 0 Å². The quantitative estimate of drug-likeness (QED) is 0.862. The molecule has 19 heavy (non-hydrogen) atoms. The maximum Gasteiger partial charge on any atom is 0.0551 e. The molecule has 1 atom stereocenters. The Morgan fingerprint density at radius 1 is 1.05 bits per heavy atom. The van der Waals surface area contributed by atoms with E-state index in [0.29, 0.717) is 0 Å². The first-order valence-corrected chi connectivity index (χ1v) is 7.10. The monoisotopic (exact) mass is 273 g/mol. The highest BCUT2D eigenvalue weighted by molar-refractivity contribution is 6.31. The summed E-state index contributed by atoms with van der Waals surface area (Å²) in [6, 6.07) is 14.5. The molecule has 2 rings (SSSR count). The van der Waals surface area contributed by atoms with Gasteiger partial charge in [-0.2, -0.15) is 0 Å². The Balaban J connectivity index is 2.22. The SMILES string of the molecule is CCCc1ccc(C(N)c2ccc(Cl)c(C)c2)cc1. The van der Waals surface area contributed by atoms with Crippen LogP contribution >= 0.6 is 11.6 Å². The molecule has 0 fully saturated rings. The molecule has 0 heterocycles. The van der Waals surface area contributed by atoms with Crippen molar-refractivity contribution in [3.8, 4) is 0 Å². The van der Waals surface area contributed by atoms with E-state index in [0.717, 1.165) is 28.1 Å². The molecular formula is C17H20ClN. The fraction of sp³-hybridized carbons (Fsp3) is 0.294. The average Bonchev–Trinajstić information content (AvgIpc) is 2.42. The summed E-state index contributed by atoms with van der Waals surface area (Å²) in [7, 11) is 0. The van der Waals surface area contributed by atoms with E-state index < -0.39 is 0 Å². The second-order valence-electron chi connectivity index (χ2n) is 4.98. The largest absolute Gasteiger partial charge is 0.320 e. The smallest absolute Gasteiger partial charge is 0.0551 e. The minimum Gasteiger partial charge on any atom is -0.320 e.